The van der Waals surface area contributed by atoms with Crippen LogP contribution in [0.4, 0.5) is 0 Å². The Morgan fingerprint density at radius 1 is 1.00 bits per heavy atom. The number of hydrogen-bond acceptors (Lipinski definition) is 6. The first-order valence-corrected chi connectivity index (χ1v) is 9.01. The summed E-state index contributed by atoms with van der Waals surface area (Å²) in [6.45, 7) is 1.98. The van der Waals surface area contributed by atoms with Crippen molar-refractivity contribution < 1.29 is 14.3 Å². The van der Waals surface area contributed by atoms with E-state index in [-0.39, 0.29) is 6.10 Å². The molecule has 0 bridgehead atoms. The van der Waals surface area contributed by atoms with E-state index in [1.165, 1.54) is 0 Å². The standard InChI is InChI=1S/C20H20N2O3S/c1-14(19-5-4-12-26-19)25-22-20(15-8-10-21-11-9-15)16-6-7-17(23-2)18(13-16)24-3/h4-14H,1-3H3. The van der Waals surface area contributed by atoms with Crippen LogP contribution in [0.2, 0.25) is 0 Å². The van der Waals surface area contributed by atoms with Gasteiger partial charge in [-0.05, 0) is 48.7 Å². The SMILES string of the molecule is COc1ccc(C(=NOC(C)c2cccs2)c2ccncc2)cc1OC. The number of hydrogen-bond donors (Lipinski definition) is 0. The van der Waals surface area contributed by atoms with Gasteiger partial charge in [0.25, 0.3) is 0 Å². The summed E-state index contributed by atoms with van der Waals surface area (Å²) in [6, 6.07) is 13.5. The van der Waals surface area contributed by atoms with E-state index in [1.807, 2.05) is 54.8 Å². The Labute approximate surface area is 156 Å². The first-order chi connectivity index (χ1) is 12.7. The Balaban J connectivity index is 1.97. The van der Waals surface area contributed by atoms with Gasteiger partial charge in [-0.3, -0.25) is 4.98 Å². The van der Waals surface area contributed by atoms with E-state index in [1.54, 1.807) is 38.0 Å². The molecule has 0 aliphatic rings. The van der Waals surface area contributed by atoms with Gasteiger partial charge in [-0.25, -0.2) is 0 Å². The summed E-state index contributed by atoms with van der Waals surface area (Å²) >= 11 is 1.64. The molecule has 0 N–H and O–H groups in total. The van der Waals surface area contributed by atoms with Crippen molar-refractivity contribution in [2.75, 3.05) is 14.2 Å². The van der Waals surface area contributed by atoms with E-state index in [0.717, 1.165) is 16.0 Å². The van der Waals surface area contributed by atoms with E-state index in [9.17, 15) is 0 Å². The quantitative estimate of drug-likeness (QED) is 0.448. The van der Waals surface area contributed by atoms with Gasteiger partial charge in [-0.15, -0.1) is 11.3 Å². The smallest absolute Gasteiger partial charge is 0.161 e. The van der Waals surface area contributed by atoms with Gasteiger partial charge in [-0.2, -0.15) is 0 Å². The molecule has 1 aromatic carbocycles. The minimum absolute atomic E-state index is 0.132. The molecule has 2 heterocycles. The number of rotatable bonds is 7. The Kier molecular flexibility index (Phi) is 5.86. The summed E-state index contributed by atoms with van der Waals surface area (Å²) in [5.41, 5.74) is 2.48. The van der Waals surface area contributed by atoms with Gasteiger partial charge >= 0.3 is 0 Å². The number of aromatic nitrogens is 1. The van der Waals surface area contributed by atoms with Crippen LogP contribution in [0.3, 0.4) is 0 Å². The van der Waals surface area contributed by atoms with Crippen molar-refractivity contribution in [1.29, 1.82) is 0 Å². The van der Waals surface area contributed by atoms with Crippen molar-refractivity contribution >= 4 is 17.0 Å². The number of pyridine rings is 1. The monoisotopic (exact) mass is 368 g/mol. The van der Waals surface area contributed by atoms with Crippen LogP contribution in [-0.4, -0.2) is 24.9 Å². The average molecular weight is 368 g/mol. The Hall–Kier alpha value is -2.86. The number of nitrogens with zero attached hydrogens (tertiary/aromatic N) is 2. The molecule has 3 rings (SSSR count). The maximum atomic E-state index is 5.79. The van der Waals surface area contributed by atoms with Crippen molar-refractivity contribution in [2.24, 2.45) is 5.16 Å². The van der Waals surface area contributed by atoms with E-state index in [0.29, 0.717) is 17.2 Å². The van der Waals surface area contributed by atoms with E-state index in [4.69, 9.17) is 14.3 Å². The predicted octanol–water partition coefficient (Wildman–Crippen LogP) is 4.69. The molecule has 0 amide bonds. The highest BCUT2D eigenvalue weighted by Gasteiger charge is 2.14. The first kappa shape index (κ1) is 17.9. The molecular formula is C20H20N2O3S. The normalized spacial score (nSPS) is 12.5. The summed E-state index contributed by atoms with van der Waals surface area (Å²) in [6.07, 6.45) is 3.33. The third-order valence-electron chi connectivity index (χ3n) is 3.86. The summed E-state index contributed by atoms with van der Waals surface area (Å²) in [5.74, 6) is 1.30. The van der Waals surface area contributed by atoms with Crippen LogP contribution in [0.5, 0.6) is 11.5 Å². The Morgan fingerprint density at radius 2 is 1.77 bits per heavy atom. The summed E-state index contributed by atoms with van der Waals surface area (Å²) < 4.78 is 10.7. The van der Waals surface area contributed by atoms with Gasteiger partial charge in [0.15, 0.2) is 17.6 Å². The van der Waals surface area contributed by atoms with Crippen LogP contribution in [-0.2, 0) is 4.84 Å². The second kappa shape index (κ2) is 8.49. The van der Waals surface area contributed by atoms with Crippen molar-refractivity contribution in [1.82, 2.24) is 4.98 Å². The van der Waals surface area contributed by atoms with Crippen LogP contribution < -0.4 is 9.47 Å². The topological polar surface area (TPSA) is 52.9 Å². The van der Waals surface area contributed by atoms with Crippen LogP contribution in [0.15, 0.2) is 65.4 Å². The molecule has 0 aliphatic heterocycles. The molecule has 3 aromatic rings. The third kappa shape index (κ3) is 4.03. The summed E-state index contributed by atoms with van der Waals surface area (Å²) in [4.78, 5) is 11.0. The molecule has 6 heteroatoms. The second-order valence-electron chi connectivity index (χ2n) is 5.51. The van der Waals surface area contributed by atoms with Crippen LogP contribution in [0, 0.1) is 0 Å². The van der Waals surface area contributed by atoms with E-state index < -0.39 is 0 Å². The minimum atomic E-state index is -0.132. The van der Waals surface area contributed by atoms with Gasteiger partial charge in [0, 0.05) is 28.4 Å². The molecule has 0 aliphatic carbocycles. The molecule has 5 nitrogen and oxygen atoms in total. The minimum Gasteiger partial charge on any atom is -0.493 e. The maximum absolute atomic E-state index is 5.79. The molecule has 1 unspecified atom stereocenters. The van der Waals surface area contributed by atoms with E-state index in [2.05, 4.69) is 10.1 Å². The lowest BCUT2D eigenvalue weighted by Gasteiger charge is -2.13. The van der Waals surface area contributed by atoms with Gasteiger partial charge in [-0.1, -0.05) is 11.2 Å². The van der Waals surface area contributed by atoms with Crippen LogP contribution >= 0.6 is 11.3 Å². The lowest BCUT2D eigenvalue weighted by atomic mass is 10.0. The highest BCUT2D eigenvalue weighted by atomic mass is 32.1. The predicted molar refractivity (Wildman–Crippen MR) is 103 cm³/mol. The molecule has 0 saturated carbocycles. The molecule has 2 aromatic heterocycles. The molecule has 0 saturated heterocycles. The zero-order chi connectivity index (χ0) is 18.4. The van der Waals surface area contributed by atoms with E-state index >= 15 is 0 Å². The molecule has 0 radical (unpaired) electrons. The summed E-state index contributed by atoms with van der Waals surface area (Å²) in [7, 11) is 3.22. The molecule has 26 heavy (non-hydrogen) atoms. The van der Waals surface area contributed by atoms with Crippen molar-refractivity contribution in [3.63, 3.8) is 0 Å². The number of thiophene rings is 1. The fourth-order valence-electron chi connectivity index (χ4n) is 2.47. The zero-order valence-electron chi connectivity index (χ0n) is 14.9. The fourth-order valence-corrected chi connectivity index (χ4v) is 3.18. The zero-order valence-corrected chi connectivity index (χ0v) is 15.7. The van der Waals surface area contributed by atoms with Crippen molar-refractivity contribution in [3.8, 4) is 11.5 Å². The van der Waals surface area contributed by atoms with Crippen LogP contribution in [0.25, 0.3) is 0 Å². The molecule has 1 atom stereocenters. The van der Waals surface area contributed by atoms with Gasteiger partial charge < -0.3 is 14.3 Å². The van der Waals surface area contributed by atoms with Crippen LogP contribution in [0.1, 0.15) is 29.0 Å². The van der Waals surface area contributed by atoms with Gasteiger partial charge in [0.1, 0.15) is 5.71 Å². The van der Waals surface area contributed by atoms with Gasteiger partial charge in [0.05, 0.1) is 14.2 Å². The highest BCUT2D eigenvalue weighted by Crippen LogP contribution is 2.29. The number of oxime groups is 1. The Bertz CT molecular complexity index is 864. The fraction of sp³-hybridized carbons (Fsp3) is 0.200. The highest BCUT2D eigenvalue weighted by molar-refractivity contribution is 7.10. The average Bonchev–Trinajstić information content (AvgIpc) is 3.23. The van der Waals surface area contributed by atoms with Gasteiger partial charge in [0.2, 0.25) is 0 Å². The summed E-state index contributed by atoms with van der Waals surface area (Å²) in [5, 5.41) is 6.48. The Morgan fingerprint density at radius 3 is 2.42 bits per heavy atom. The first-order valence-electron chi connectivity index (χ1n) is 8.13. The number of ether oxygens (including phenoxy) is 2. The lowest BCUT2D eigenvalue weighted by molar-refractivity contribution is 0.0751. The molecular weight excluding hydrogens is 348 g/mol. The number of methoxy groups -OCH3 is 2. The molecule has 0 spiro atoms. The molecule has 0 fully saturated rings. The largest absolute Gasteiger partial charge is 0.493 e. The third-order valence-corrected chi connectivity index (χ3v) is 4.89. The number of benzene rings is 1. The molecule has 134 valence electrons. The maximum Gasteiger partial charge on any atom is 0.161 e. The van der Waals surface area contributed by atoms with Crippen molar-refractivity contribution in [2.45, 2.75) is 13.0 Å². The second-order valence-corrected chi connectivity index (χ2v) is 6.49. The lowest BCUT2D eigenvalue weighted by Crippen LogP contribution is -2.06. The van der Waals surface area contributed by atoms with Crippen molar-refractivity contribution in [3.05, 3.63) is 76.2 Å².